The number of carbonyl (C=O) groups is 1. The summed E-state index contributed by atoms with van der Waals surface area (Å²) < 4.78 is 10.1. The topological polar surface area (TPSA) is 47.6 Å². The summed E-state index contributed by atoms with van der Waals surface area (Å²) in [6.45, 7) is 5.03. The fourth-order valence-corrected chi connectivity index (χ4v) is 1.83. The minimum Gasteiger partial charge on any atom is -0.497 e. The molecule has 0 aliphatic carbocycles. The first-order valence-electron chi connectivity index (χ1n) is 6.71. The van der Waals surface area contributed by atoms with E-state index in [1.54, 1.807) is 7.11 Å². The molecule has 0 aliphatic rings. The van der Waals surface area contributed by atoms with E-state index < -0.39 is 0 Å². The van der Waals surface area contributed by atoms with Crippen LogP contribution in [0.1, 0.15) is 32.3 Å². The maximum Gasteiger partial charge on any atom is 0.307 e. The van der Waals surface area contributed by atoms with Crippen molar-refractivity contribution in [3.8, 4) is 5.75 Å². The Labute approximate surface area is 115 Å². The summed E-state index contributed by atoms with van der Waals surface area (Å²) in [5.74, 6) is 0.699. The molecule has 0 radical (unpaired) electrons. The van der Waals surface area contributed by atoms with Crippen molar-refractivity contribution in [1.82, 2.24) is 5.32 Å². The van der Waals surface area contributed by atoms with Crippen LogP contribution in [0.3, 0.4) is 0 Å². The Balaban J connectivity index is 2.45. The molecule has 4 nitrogen and oxygen atoms in total. The van der Waals surface area contributed by atoms with Crippen molar-refractivity contribution in [2.75, 3.05) is 13.7 Å². The van der Waals surface area contributed by atoms with E-state index in [-0.39, 0.29) is 12.0 Å². The monoisotopic (exact) mass is 265 g/mol. The van der Waals surface area contributed by atoms with Crippen LogP contribution < -0.4 is 10.1 Å². The summed E-state index contributed by atoms with van der Waals surface area (Å²) in [4.78, 5) is 11.4. The third-order valence-electron chi connectivity index (χ3n) is 2.94. The summed E-state index contributed by atoms with van der Waals surface area (Å²) in [6.07, 6.45) is 1.30. The third kappa shape index (κ3) is 5.75. The van der Waals surface area contributed by atoms with Crippen LogP contribution >= 0.6 is 0 Å². The molecule has 0 spiro atoms. The maximum atomic E-state index is 11.4. The Morgan fingerprint density at radius 3 is 2.79 bits per heavy atom. The molecule has 0 aromatic heterocycles. The molecule has 1 unspecified atom stereocenters. The summed E-state index contributed by atoms with van der Waals surface area (Å²) in [5, 5.41) is 3.37. The molecule has 0 heterocycles. The quantitative estimate of drug-likeness (QED) is 0.734. The summed E-state index contributed by atoms with van der Waals surface area (Å²) >= 11 is 0. The zero-order valence-electron chi connectivity index (χ0n) is 11.9. The highest BCUT2D eigenvalue weighted by Gasteiger charge is 2.12. The second kappa shape index (κ2) is 8.53. The Kier molecular flexibility index (Phi) is 6.97. The van der Waals surface area contributed by atoms with Gasteiger partial charge in [0.15, 0.2) is 0 Å². The molecule has 1 rings (SSSR count). The van der Waals surface area contributed by atoms with Crippen LogP contribution in [0.2, 0.25) is 0 Å². The van der Waals surface area contributed by atoms with E-state index in [4.69, 9.17) is 9.47 Å². The molecule has 0 fully saturated rings. The molecule has 1 atom stereocenters. The van der Waals surface area contributed by atoms with Crippen molar-refractivity contribution in [2.24, 2.45) is 0 Å². The molecular formula is C15H23NO3. The Hall–Kier alpha value is -1.55. The Morgan fingerprint density at radius 2 is 2.16 bits per heavy atom. The van der Waals surface area contributed by atoms with Gasteiger partial charge < -0.3 is 14.8 Å². The molecular weight excluding hydrogens is 242 g/mol. The maximum absolute atomic E-state index is 11.4. The lowest BCUT2D eigenvalue weighted by Crippen LogP contribution is -2.31. The first kappa shape index (κ1) is 15.5. The first-order valence-corrected chi connectivity index (χ1v) is 6.71. The van der Waals surface area contributed by atoms with Gasteiger partial charge in [-0.3, -0.25) is 4.79 Å². The summed E-state index contributed by atoms with van der Waals surface area (Å²) in [7, 11) is 1.65. The molecule has 0 saturated heterocycles. The van der Waals surface area contributed by atoms with Crippen molar-refractivity contribution in [1.29, 1.82) is 0 Å². The van der Waals surface area contributed by atoms with Gasteiger partial charge in [-0.1, -0.05) is 19.1 Å². The zero-order valence-corrected chi connectivity index (χ0v) is 11.9. The average Bonchev–Trinajstić information content (AvgIpc) is 2.44. The van der Waals surface area contributed by atoms with Crippen LogP contribution in [-0.4, -0.2) is 25.7 Å². The smallest absolute Gasteiger partial charge is 0.307 e. The predicted octanol–water partition coefficient (Wildman–Crippen LogP) is 2.52. The highest BCUT2D eigenvalue weighted by molar-refractivity contribution is 5.70. The van der Waals surface area contributed by atoms with Gasteiger partial charge in [-0.05, 0) is 31.0 Å². The lowest BCUT2D eigenvalue weighted by atomic mass is 10.1. The molecule has 1 aromatic carbocycles. The molecule has 1 N–H and O–H groups in total. The number of benzene rings is 1. The van der Waals surface area contributed by atoms with Gasteiger partial charge in [0, 0.05) is 12.6 Å². The zero-order chi connectivity index (χ0) is 14.1. The van der Waals surface area contributed by atoms with Gasteiger partial charge in [-0.2, -0.15) is 0 Å². The number of methoxy groups -OCH3 is 1. The van der Waals surface area contributed by atoms with Gasteiger partial charge >= 0.3 is 5.97 Å². The van der Waals surface area contributed by atoms with Gasteiger partial charge in [0.25, 0.3) is 0 Å². The number of nitrogens with one attached hydrogen (secondary N) is 1. The van der Waals surface area contributed by atoms with Gasteiger partial charge in [0.2, 0.25) is 0 Å². The molecule has 19 heavy (non-hydrogen) atoms. The molecule has 0 amide bonds. The third-order valence-corrected chi connectivity index (χ3v) is 2.94. The molecule has 0 saturated carbocycles. The molecule has 106 valence electrons. The van der Waals surface area contributed by atoms with E-state index in [0.29, 0.717) is 13.0 Å². The van der Waals surface area contributed by atoms with Gasteiger partial charge in [0.1, 0.15) is 5.75 Å². The van der Waals surface area contributed by atoms with Crippen LogP contribution in [0.4, 0.5) is 0 Å². The van der Waals surface area contributed by atoms with Crippen LogP contribution in [-0.2, 0) is 16.1 Å². The van der Waals surface area contributed by atoms with Crippen LogP contribution in [0.5, 0.6) is 5.75 Å². The number of hydrogen-bond acceptors (Lipinski definition) is 4. The van der Waals surface area contributed by atoms with Gasteiger partial charge in [-0.25, -0.2) is 0 Å². The van der Waals surface area contributed by atoms with E-state index in [1.165, 1.54) is 0 Å². The van der Waals surface area contributed by atoms with E-state index in [0.717, 1.165) is 24.3 Å². The minimum atomic E-state index is -0.146. The SMILES string of the molecule is CCOC(=O)CC(CC)NCc1cccc(OC)c1. The standard InChI is InChI=1S/C15H23NO3/c1-4-13(10-15(17)19-5-2)16-11-12-7-6-8-14(9-12)18-3/h6-9,13,16H,4-5,10-11H2,1-3H3. The summed E-state index contributed by atoms with van der Waals surface area (Å²) in [6, 6.07) is 8.04. The Bertz CT molecular complexity index is 393. The number of hydrogen-bond donors (Lipinski definition) is 1. The highest BCUT2D eigenvalue weighted by atomic mass is 16.5. The minimum absolute atomic E-state index is 0.144. The van der Waals surface area contributed by atoms with Crippen molar-refractivity contribution in [3.05, 3.63) is 29.8 Å². The van der Waals surface area contributed by atoms with Crippen molar-refractivity contribution >= 4 is 5.97 Å². The van der Waals surface area contributed by atoms with Gasteiger partial charge in [0.05, 0.1) is 20.1 Å². The fourth-order valence-electron chi connectivity index (χ4n) is 1.83. The van der Waals surface area contributed by atoms with Crippen molar-refractivity contribution < 1.29 is 14.3 Å². The lowest BCUT2D eigenvalue weighted by molar-refractivity contribution is -0.143. The van der Waals surface area contributed by atoms with E-state index in [1.807, 2.05) is 31.2 Å². The van der Waals surface area contributed by atoms with Crippen molar-refractivity contribution in [3.63, 3.8) is 0 Å². The highest BCUT2D eigenvalue weighted by Crippen LogP contribution is 2.12. The number of carbonyl (C=O) groups excluding carboxylic acids is 1. The number of ether oxygens (including phenoxy) is 2. The molecule has 4 heteroatoms. The van der Waals surface area contributed by atoms with E-state index in [9.17, 15) is 4.79 Å². The number of rotatable bonds is 8. The molecule has 0 bridgehead atoms. The Morgan fingerprint density at radius 1 is 1.37 bits per heavy atom. The predicted molar refractivity (Wildman–Crippen MR) is 75.2 cm³/mol. The fraction of sp³-hybridized carbons (Fsp3) is 0.533. The second-order valence-corrected chi connectivity index (χ2v) is 4.35. The summed E-state index contributed by atoms with van der Waals surface area (Å²) in [5.41, 5.74) is 1.14. The van der Waals surface area contributed by atoms with Crippen LogP contribution in [0.15, 0.2) is 24.3 Å². The average molecular weight is 265 g/mol. The largest absolute Gasteiger partial charge is 0.497 e. The van der Waals surface area contributed by atoms with E-state index >= 15 is 0 Å². The van der Waals surface area contributed by atoms with Crippen LogP contribution in [0, 0.1) is 0 Å². The van der Waals surface area contributed by atoms with E-state index in [2.05, 4.69) is 12.2 Å². The number of esters is 1. The van der Waals surface area contributed by atoms with Crippen LogP contribution in [0.25, 0.3) is 0 Å². The van der Waals surface area contributed by atoms with Crippen molar-refractivity contribution in [2.45, 2.75) is 39.3 Å². The second-order valence-electron chi connectivity index (χ2n) is 4.35. The molecule has 0 aliphatic heterocycles. The molecule has 1 aromatic rings. The first-order chi connectivity index (χ1) is 9.19. The van der Waals surface area contributed by atoms with Gasteiger partial charge in [-0.15, -0.1) is 0 Å². The normalized spacial score (nSPS) is 11.9. The lowest BCUT2D eigenvalue weighted by Gasteiger charge is -2.16.